The third-order valence-electron chi connectivity index (χ3n) is 21.5. The van der Waals surface area contributed by atoms with Gasteiger partial charge in [0.15, 0.2) is 5.69 Å². The summed E-state index contributed by atoms with van der Waals surface area (Å²) in [6.07, 6.45) is 0. The Morgan fingerprint density at radius 2 is 0.505 bits per heavy atom. The predicted molar refractivity (Wildman–Crippen MR) is 444 cm³/mol. The van der Waals surface area contributed by atoms with Crippen LogP contribution < -0.4 is 26.2 Å². The van der Waals surface area contributed by atoms with Crippen molar-refractivity contribution in [3.8, 4) is 89.0 Å². The zero-order chi connectivity index (χ0) is 72.1. The van der Waals surface area contributed by atoms with E-state index in [1.807, 2.05) is 12.1 Å². The van der Waals surface area contributed by atoms with Crippen LogP contribution in [0.4, 0.5) is 39.8 Å². The first-order valence-corrected chi connectivity index (χ1v) is 36.7. The summed E-state index contributed by atoms with van der Waals surface area (Å²) in [6, 6.07) is 108. The Labute approximate surface area is 613 Å². The van der Waals surface area contributed by atoms with Crippen molar-refractivity contribution in [3.05, 3.63) is 324 Å². The third kappa shape index (κ3) is 12.8. The van der Waals surface area contributed by atoms with Gasteiger partial charge in [0.25, 0.3) is 6.71 Å². The van der Waals surface area contributed by atoms with E-state index in [1.54, 1.807) is 0 Å². The van der Waals surface area contributed by atoms with Gasteiger partial charge in [0.1, 0.15) is 0 Å². The largest absolute Gasteiger partial charge is 0.310 e. The first-order valence-electron chi connectivity index (χ1n) is 36.7. The van der Waals surface area contributed by atoms with E-state index in [4.69, 9.17) is 6.57 Å². The lowest BCUT2D eigenvalue weighted by atomic mass is 9.33. The smallest absolute Gasteiger partial charge is 0.252 e. The van der Waals surface area contributed by atoms with Crippen LogP contribution >= 0.6 is 0 Å². The molecule has 15 rings (SSSR count). The summed E-state index contributed by atoms with van der Waals surface area (Å²) < 4.78 is 0. The van der Waals surface area contributed by atoms with Crippen LogP contribution in [0.2, 0.25) is 0 Å². The Morgan fingerprint density at radius 3 is 0.786 bits per heavy atom. The van der Waals surface area contributed by atoms with Crippen LogP contribution in [0, 0.1) is 6.57 Å². The molecule has 2 aliphatic heterocycles. The highest BCUT2D eigenvalue weighted by molar-refractivity contribution is 7.00. The highest BCUT2D eigenvalue weighted by atomic mass is 15.2. The number of hydrogen-bond donors (Lipinski definition) is 0. The number of anilines is 6. The summed E-state index contributed by atoms with van der Waals surface area (Å²) >= 11 is 0. The second-order valence-corrected chi connectivity index (χ2v) is 33.7. The highest BCUT2D eigenvalue weighted by Gasteiger charge is 2.46. The number of nitrogens with zero attached hydrogens (tertiary/aromatic N) is 3. The molecule has 4 heteroatoms. The van der Waals surface area contributed by atoms with E-state index < -0.39 is 0 Å². The lowest BCUT2D eigenvalue weighted by Gasteiger charge is -2.46. The first kappa shape index (κ1) is 67.8. The lowest BCUT2D eigenvalue weighted by Crippen LogP contribution is -2.61. The van der Waals surface area contributed by atoms with Gasteiger partial charge in [-0.25, -0.2) is 4.85 Å². The number of fused-ring (bicyclic) bond motifs is 4. The van der Waals surface area contributed by atoms with E-state index in [1.165, 1.54) is 49.8 Å². The van der Waals surface area contributed by atoms with Gasteiger partial charge in [0, 0.05) is 45.0 Å². The molecule has 3 nitrogen and oxygen atoms in total. The van der Waals surface area contributed by atoms with Crippen molar-refractivity contribution in [3.63, 3.8) is 0 Å². The molecule has 0 N–H and O–H groups in total. The molecule has 0 saturated heterocycles. The molecule has 0 bridgehead atoms. The van der Waals surface area contributed by atoms with Crippen LogP contribution in [0.15, 0.2) is 285 Å². The number of rotatable bonds is 10. The second-order valence-electron chi connectivity index (χ2n) is 33.7. The van der Waals surface area contributed by atoms with Crippen molar-refractivity contribution in [2.24, 2.45) is 0 Å². The second kappa shape index (κ2) is 25.8. The minimum atomic E-state index is -0.333. The summed E-state index contributed by atoms with van der Waals surface area (Å²) in [4.78, 5) is 9.27. The summed E-state index contributed by atoms with van der Waals surface area (Å²) in [5.74, 6) is 0. The number of hydrogen-bond acceptors (Lipinski definition) is 2. The maximum atomic E-state index is 8.02. The normalized spacial score (nSPS) is 12.9. The van der Waals surface area contributed by atoms with E-state index in [0.29, 0.717) is 5.69 Å². The standard InChI is InChI=1S/C99H92BN3/c1-95(2,3)76-44-32-68(33-45-76)82-56-74(66-30-24-19-25-31-66)57-83(69-34-46-77(47-35-69)96(4,5)6)93(82)102-88-54-42-72(64-26-20-17-21-27-64)60-86(88)100-87-61-73(65-28-22-18-23-29-65)43-55-89(87)103(91-63-80(99(13,14)15)62-90(102)92(91)100)94-84(70-36-48-78(49-37-70)97(7,8)9)58-75(67-40-52-81(101-16)53-41-67)59-85(94)71-38-50-79(51-39-71)98(10,11)12/h17-63H,1-15H3. The molecule has 2 aliphatic rings. The Balaban J connectivity index is 1.14. The molecule has 0 amide bonds. The zero-order valence-corrected chi connectivity index (χ0v) is 62.6. The fourth-order valence-electron chi connectivity index (χ4n) is 15.5. The molecular formula is C99H92BN3. The highest BCUT2D eigenvalue weighted by Crippen LogP contribution is 2.56. The van der Waals surface area contributed by atoms with E-state index >= 15 is 0 Å². The van der Waals surface area contributed by atoms with Crippen molar-refractivity contribution >= 4 is 62.9 Å². The van der Waals surface area contributed by atoms with Crippen molar-refractivity contribution in [1.29, 1.82) is 0 Å². The van der Waals surface area contributed by atoms with Crippen LogP contribution in [0.5, 0.6) is 0 Å². The minimum Gasteiger partial charge on any atom is -0.310 e. The van der Waals surface area contributed by atoms with Gasteiger partial charge in [-0.1, -0.05) is 340 Å². The molecule has 0 spiro atoms. The van der Waals surface area contributed by atoms with E-state index in [9.17, 15) is 0 Å². The SMILES string of the molecule is [C-]#[N+]c1ccc(-c2cc(-c3ccc(C(C)(C)C)cc3)c(N3c4ccc(-c5ccccc5)cc4B4c5cc(-c6ccccc6)ccc5N(c5c(-c6ccc(C(C)(C)C)cc6)cc(-c6ccccc6)cc5-c5ccc(C(C)(C)C)cc5)c5cc(C(C)(C)C)cc3c54)c(-c3ccc(C(C)(C)C)cc3)c2)cc1. The molecule has 0 unspecified atom stereocenters. The topological polar surface area (TPSA) is 10.8 Å². The van der Waals surface area contributed by atoms with E-state index in [-0.39, 0.29) is 33.8 Å². The molecule has 0 saturated carbocycles. The average Bonchev–Trinajstić information content (AvgIpc) is 0.686. The van der Waals surface area contributed by atoms with Crippen molar-refractivity contribution in [2.45, 2.75) is 131 Å². The molecule has 0 fully saturated rings. The van der Waals surface area contributed by atoms with Gasteiger partial charge in [-0.3, -0.25) is 0 Å². The van der Waals surface area contributed by atoms with Gasteiger partial charge in [0.05, 0.1) is 17.9 Å². The Morgan fingerprint density at radius 1 is 0.243 bits per heavy atom. The Hall–Kier alpha value is -11.0. The van der Waals surface area contributed by atoms with Crippen LogP contribution in [0.1, 0.15) is 132 Å². The summed E-state index contributed by atoms with van der Waals surface area (Å²) in [5, 5.41) is 0. The van der Waals surface area contributed by atoms with Gasteiger partial charge >= 0.3 is 0 Å². The maximum Gasteiger partial charge on any atom is 0.252 e. The Bertz CT molecular complexity index is 5240. The van der Waals surface area contributed by atoms with E-state index in [2.05, 4.69) is 391 Å². The van der Waals surface area contributed by atoms with Crippen LogP contribution in [0.25, 0.3) is 93.9 Å². The van der Waals surface area contributed by atoms with Gasteiger partial charge < -0.3 is 9.80 Å². The quantitative estimate of drug-likeness (QED) is 0.0998. The van der Waals surface area contributed by atoms with Gasteiger partial charge in [-0.2, -0.15) is 0 Å². The van der Waals surface area contributed by atoms with Crippen LogP contribution in [0.3, 0.4) is 0 Å². The average molecular weight is 1330 g/mol. The molecule has 506 valence electrons. The molecule has 2 heterocycles. The first-order chi connectivity index (χ1) is 49.2. The van der Waals surface area contributed by atoms with Crippen molar-refractivity contribution in [1.82, 2.24) is 0 Å². The molecule has 103 heavy (non-hydrogen) atoms. The molecule has 13 aromatic rings. The molecule has 0 aromatic heterocycles. The molecular weight excluding hydrogens is 1240 g/mol. The van der Waals surface area contributed by atoms with Gasteiger partial charge in [-0.15, -0.1) is 0 Å². The zero-order valence-electron chi connectivity index (χ0n) is 62.6. The maximum absolute atomic E-state index is 8.02. The van der Waals surface area contributed by atoms with Crippen molar-refractivity contribution in [2.75, 3.05) is 9.80 Å². The number of benzene rings is 13. The third-order valence-corrected chi connectivity index (χ3v) is 21.5. The summed E-state index contributed by atoms with van der Waals surface area (Å²) in [7, 11) is 0. The fraction of sp³-hybridized carbons (Fsp3) is 0.202. The Kier molecular flexibility index (Phi) is 17.0. The van der Waals surface area contributed by atoms with Crippen molar-refractivity contribution < 1.29 is 0 Å². The fourth-order valence-corrected chi connectivity index (χ4v) is 15.5. The molecule has 13 aromatic carbocycles. The van der Waals surface area contributed by atoms with Gasteiger partial charge in [-0.05, 0) is 187 Å². The van der Waals surface area contributed by atoms with Crippen LogP contribution in [-0.2, 0) is 27.1 Å². The van der Waals surface area contributed by atoms with Gasteiger partial charge in [0.2, 0.25) is 0 Å². The van der Waals surface area contributed by atoms with E-state index in [0.717, 1.165) is 118 Å². The summed E-state index contributed by atoms with van der Waals surface area (Å²) in [6.45, 7) is 42.6. The molecule has 0 aliphatic carbocycles. The monoisotopic (exact) mass is 1330 g/mol. The van der Waals surface area contributed by atoms with Crippen LogP contribution in [-0.4, -0.2) is 6.71 Å². The summed E-state index contributed by atoms with van der Waals surface area (Å²) in [5.41, 5.74) is 34.9. The predicted octanol–water partition coefficient (Wildman–Crippen LogP) is 26.1. The molecule has 0 radical (unpaired) electrons. The minimum absolute atomic E-state index is 0.0596. The lowest BCUT2D eigenvalue weighted by molar-refractivity contribution is 0.590. The molecule has 0 atom stereocenters.